The summed E-state index contributed by atoms with van der Waals surface area (Å²) in [5.41, 5.74) is 0.213. The van der Waals surface area contributed by atoms with Crippen LogP contribution in [0.4, 0.5) is 0 Å². The normalized spacial score (nSPS) is 39.2. The number of benzene rings is 1. The van der Waals surface area contributed by atoms with E-state index in [-0.39, 0.29) is 34.2 Å². The standard InChI is InChI=1S/C32H40O6/c1-29(2)24-18-27(38-28(36)12-8-19-7-9-21(37-6)20(33)17-19)32(5)22-10-11-26(35)31(22,4)15-13-23(32)30(24,3)16-14-25(29)34/h7-10,12,14,16-17,23-24,26-27,33,35H,11,13,15,18H2,1-6H3. The molecule has 5 rings (SSSR count). The number of hydrogen-bond acceptors (Lipinski definition) is 6. The highest BCUT2D eigenvalue weighted by molar-refractivity contribution is 5.96. The van der Waals surface area contributed by atoms with E-state index in [1.807, 2.05) is 13.8 Å². The number of esters is 1. The van der Waals surface area contributed by atoms with Crippen molar-refractivity contribution in [2.75, 3.05) is 7.11 Å². The number of phenolic OH excluding ortho intramolecular Hbond substituents is 1. The van der Waals surface area contributed by atoms with E-state index in [4.69, 9.17) is 9.47 Å². The van der Waals surface area contributed by atoms with Crippen LogP contribution >= 0.6 is 0 Å². The average Bonchev–Trinajstić information content (AvgIpc) is 3.17. The van der Waals surface area contributed by atoms with Crippen LogP contribution in [0.2, 0.25) is 0 Å². The summed E-state index contributed by atoms with van der Waals surface area (Å²) >= 11 is 0. The molecule has 7 atom stereocenters. The van der Waals surface area contributed by atoms with Gasteiger partial charge in [-0.3, -0.25) is 4.79 Å². The van der Waals surface area contributed by atoms with Crippen LogP contribution in [0.15, 0.2) is 48.1 Å². The van der Waals surface area contributed by atoms with Crippen LogP contribution < -0.4 is 4.74 Å². The third-order valence-corrected chi connectivity index (χ3v) is 10.7. The quantitative estimate of drug-likeness (QED) is 0.304. The van der Waals surface area contributed by atoms with Crippen LogP contribution in [0.25, 0.3) is 6.08 Å². The molecule has 0 aromatic heterocycles. The molecule has 7 unspecified atom stereocenters. The van der Waals surface area contributed by atoms with Gasteiger partial charge in [0.2, 0.25) is 0 Å². The van der Waals surface area contributed by atoms with E-state index < -0.39 is 29.0 Å². The molecular formula is C32H40O6. The number of rotatable bonds is 4. The fourth-order valence-electron chi connectivity index (χ4n) is 8.55. The number of phenols is 1. The predicted octanol–water partition coefficient (Wildman–Crippen LogP) is 5.63. The second kappa shape index (κ2) is 8.84. The van der Waals surface area contributed by atoms with Crippen molar-refractivity contribution in [2.24, 2.45) is 33.5 Å². The molecule has 204 valence electrons. The number of ether oxygens (including phenoxy) is 2. The van der Waals surface area contributed by atoms with Gasteiger partial charge in [0.05, 0.1) is 13.2 Å². The molecule has 2 fully saturated rings. The van der Waals surface area contributed by atoms with Crippen molar-refractivity contribution in [3.63, 3.8) is 0 Å². The number of hydrogen-bond donors (Lipinski definition) is 2. The van der Waals surface area contributed by atoms with E-state index in [0.29, 0.717) is 24.2 Å². The molecule has 0 spiro atoms. The molecule has 2 saturated carbocycles. The van der Waals surface area contributed by atoms with Gasteiger partial charge in [0.1, 0.15) is 6.10 Å². The SMILES string of the molecule is COc1ccc(C=CC(=O)OC2CC3C(C)(C)C(=O)C=CC3(C)C3CCC4(C)C(=CCC4O)C23C)cc1O. The van der Waals surface area contributed by atoms with E-state index in [0.717, 1.165) is 12.8 Å². The summed E-state index contributed by atoms with van der Waals surface area (Å²) in [6.07, 6.45) is 11.1. The Morgan fingerprint density at radius 1 is 1.13 bits per heavy atom. The molecule has 0 radical (unpaired) electrons. The zero-order valence-corrected chi connectivity index (χ0v) is 23.3. The number of carbonyl (C=O) groups excluding carboxylic acids is 2. The highest BCUT2D eigenvalue weighted by Gasteiger charge is 2.68. The van der Waals surface area contributed by atoms with Gasteiger partial charge in [0, 0.05) is 22.3 Å². The number of carbonyl (C=O) groups is 2. The Morgan fingerprint density at radius 3 is 2.55 bits per heavy atom. The lowest BCUT2D eigenvalue weighted by atomic mass is 9.39. The minimum Gasteiger partial charge on any atom is -0.504 e. The second-order valence-corrected chi connectivity index (χ2v) is 12.9. The number of allylic oxidation sites excluding steroid dienone is 2. The maximum absolute atomic E-state index is 13.3. The van der Waals surface area contributed by atoms with E-state index in [1.54, 1.807) is 24.3 Å². The Hall–Kier alpha value is -2.86. The first-order valence-corrected chi connectivity index (χ1v) is 13.7. The molecule has 1 aromatic rings. The van der Waals surface area contributed by atoms with Gasteiger partial charge in [-0.25, -0.2) is 4.79 Å². The molecular weight excluding hydrogens is 480 g/mol. The lowest BCUT2D eigenvalue weighted by molar-refractivity contribution is -0.187. The van der Waals surface area contributed by atoms with Crippen LogP contribution in [0.5, 0.6) is 11.5 Å². The van der Waals surface area contributed by atoms with Crippen LogP contribution in [0.1, 0.15) is 65.9 Å². The monoisotopic (exact) mass is 520 g/mol. The molecule has 0 aliphatic heterocycles. The predicted molar refractivity (Wildman–Crippen MR) is 145 cm³/mol. The number of aromatic hydroxyl groups is 1. The molecule has 0 amide bonds. The summed E-state index contributed by atoms with van der Waals surface area (Å²) in [4.78, 5) is 26.3. The van der Waals surface area contributed by atoms with Crippen LogP contribution in [0, 0.1) is 33.5 Å². The Kier molecular flexibility index (Phi) is 6.22. The van der Waals surface area contributed by atoms with Gasteiger partial charge in [0.25, 0.3) is 0 Å². The summed E-state index contributed by atoms with van der Waals surface area (Å²) < 4.78 is 11.4. The number of aliphatic hydroxyl groups is 1. The summed E-state index contributed by atoms with van der Waals surface area (Å²) in [5.74, 6) is 0.180. The van der Waals surface area contributed by atoms with E-state index in [9.17, 15) is 19.8 Å². The first-order chi connectivity index (χ1) is 17.8. The molecule has 38 heavy (non-hydrogen) atoms. The first-order valence-electron chi connectivity index (χ1n) is 13.7. The minimum absolute atomic E-state index is 0.00425. The topological polar surface area (TPSA) is 93.1 Å². The number of aliphatic hydroxyl groups excluding tert-OH is 1. The van der Waals surface area contributed by atoms with Gasteiger partial charge in [-0.1, -0.05) is 58.4 Å². The highest BCUT2D eigenvalue weighted by Crippen LogP contribution is 2.71. The summed E-state index contributed by atoms with van der Waals surface area (Å²) in [7, 11) is 1.48. The Bertz CT molecular complexity index is 1260. The van der Waals surface area contributed by atoms with Crippen molar-refractivity contribution in [1.29, 1.82) is 0 Å². The lowest BCUT2D eigenvalue weighted by Crippen LogP contribution is -2.64. The third-order valence-electron chi connectivity index (χ3n) is 10.7. The van der Waals surface area contributed by atoms with Crippen LogP contribution in [0.3, 0.4) is 0 Å². The molecule has 1 aromatic carbocycles. The van der Waals surface area contributed by atoms with Gasteiger partial charge in [0.15, 0.2) is 17.3 Å². The maximum atomic E-state index is 13.3. The molecule has 0 saturated heterocycles. The fraction of sp³-hybridized carbons (Fsp3) is 0.562. The third kappa shape index (κ3) is 3.70. The number of ketones is 1. The summed E-state index contributed by atoms with van der Waals surface area (Å²) in [6, 6.07) is 4.93. The Labute approximate surface area is 225 Å². The number of methoxy groups -OCH3 is 1. The van der Waals surface area contributed by atoms with Crippen molar-refractivity contribution < 1.29 is 29.3 Å². The maximum Gasteiger partial charge on any atom is 0.331 e. The molecule has 6 nitrogen and oxygen atoms in total. The van der Waals surface area contributed by atoms with Gasteiger partial charge in [-0.05, 0) is 72.8 Å². The van der Waals surface area contributed by atoms with Crippen molar-refractivity contribution in [3.8, 4) is 11.5 Å². The first kappa shape index (κ1) is 26.7. The smallest absolute Gasteiger partial charge is 0.331 e. The Balaban J connectivity index is 1.51. The van der Waals surface area contributed by atoms with Crippen molar-refractivity contribution in [1.82, 2.24) is 0 Å². The minimum atomic E-state index is -0.573. The van der Waals surface area contributed by atoms with Crippen molar-refractivity contribution in [3.05, 3.63) is 53.6 Å². The van der Waals surface area contributed by atoms with Crippen molar-refractivity contribution in [2.45, 2.75) is 72.5 Å². The van der Waals surface area contributed by atoms with Crippen molar-refractivity contribution >= 4 is 17.8 Å². The van der Waals surface area contributed by atoms with Crippen LogP contribution in [-0.2, 0) is 14.3 Å². The molecule has 0 bridgehead atoms. The van der Waals surface area contributed by atoms with Gasteiger partial charge in [-0.15, -0.1) is 0 Å². The lowest BCUT2D eigenvalue weighted by Gasteiger charge is -2.66. The van der Waals surface area contributed by atoms with Gasteiger partial charge in [-0.2, -0.15) is 0 Å². The number of fused-ring (bicyclic) bond motifs is 5. The zero-order chi connectivity index (χ0) is 27.7. The molecule has 4 aliphatic carbocycles. The molecule has 4 aliphatic rings. The van der Waals surface area contributed by atoms with Gasteiger partial charge < -0.3 is 19.7 Å². The summed E-state index contributed by atoms with van der Waals surface area (Å²) in [5, 5.41) is 21.1. The van der Waals surface area contributed by atoms with E-state index in [2.05, 4.69) is 32.9 Å². The largest absolute Gasteiger partial charge is 0.504 e. The molecule has 6 heteroatoms. The zero-order valence-electron chi connectivity index (χ0n) is 23.3. The second-order valence-electron chi connectivity index (χ2n) is 12.9. The Morgan fingerprint density at radius 2 is 1.87 bits per heavy atom. The van der Waals surface area contributed by atoms with Crippen LogP contribution in [-0.4, -0.2) is 41.3 Å². The van der Waals surface area contributed by atoms with E-state index in [1.165, 1.54) is 24.8 Å². The molecule has 2 N–H and O–H groups in total. The molecule has 0 heterocycles. The van der Waals surface area contributed by atoms with E-state index >= 15 is 0 Å². The average molecular weight is 521 g/mol. The van der Waals surface area contributed by atoms with Gasteiger partial charge >= 0.3 is 5.97 Å². The fourth-order valence-corrected chi connectivity index (χ4v) is 8.55. The highest BCUT2D eigenvalue weighted by atomic mass is 16.5. The summed E-state index contributed by atoms with van der Waals surface area (Å²) in [6.45, 7) is 10.7.